The lowest BCUT2D eigenvalue weighted by molar-refractivity contribution is -0.132. The van der Waals surface area contributed by atoms with Crippen molar-refractivity contribution >= 4 is 22.7 Å². The molecule has 2 aliphatic carbocycles. The van der Waals surface area contributed by atoms with Crippen molar-refractivity contribution in [1.82, 2.24) is 10.5 Å². The second-order valence-electron chi connectivity index (χ2n) is 8.50. The number of hydrogen-bond donors (Lipinski definition) is 3. The predicted molar refractivity (Wildman–Crippen MR) is 113 cm³/mol. The van der Waals surface area contributed by atoms with E-state index in [0.717, 1.165) is 35.0 Å². The lowest BCUT2D eigenvalue weighted by atomic mass is 9.92. The molecule has 2 saturated carbocycles. The first kappa shape index (κ1) is 20.4. The van der Waals surface area contributed by atoms with Crippen molar-refractivity contribution in [1.29, 1.82) is 0 Å². The molecule has 164 valence electrons. The molecule has 7 nitrogen and oxygen atoms in total. The van der Waals surface area contributed by atoms with Gasteiger partial charge < -0.3 is 10.5 Å². The van der Waals surface area contributed by atoms with Crippen molar-refractivity contribution in [2.75, 3.05) is 0 Å². The molecule has 2 aromatic carbocycles. The summed E-state index contributed by atoms with van der Waals surface area (Å²) < 4.78 is 20.7. The molecule has 1 heterocycles. The summed E-state index contributed by atoms with van der Waals surface area (Å²) in [6, 6.07) is 14.0. The van der Waals surface area contributed by atoms with E-state index in [0.29, 0.717) is 5.92 Å². The summed E-state index contributed by atoms with van der Waals surface area (Å²) >= 11 is 0. The fraction of sp³-hybridized carbons (Fsp3) is 0.292. The van der Waals surface area contributed by atoms with Crippen LogP contribution in [0.2, 0.25) is 0 Å². The Labute approximate surface area is 183 Å². The Kier molecular flexibility index (Phi) is 4.82. The van der Waals surface area contributed by atoms with Crippen LogP contribution in [0.4, 0.5) is 4.39 Å². The summed E-state index contributed by atoms with van der Waals surface area (Å²) in [6.45, 7) is 0.162. The molecule has 3 aromatic rings. The summed E-state index contributed by atoms with van der Waals surface area (Å²) in [4.78, 5) is 28.5. The minimum absolute atomic E-state index is 0.0334. The number of nitrogens with zero attached hydrogens (tertiary/aromatic N) is 1. The summed E-state index contributed by atoms with van der Waals surface area (Å²) in [5, 5.41) is 9.82. The molecule has 2 atom stereocenters. The first-order valence-corrected chi connectivity index (χ1v) is 10.5. The Morgan fingerprint density at radius 3 is 2.69 bits per heavy atom. The van der Waals surface area contributed by atoms with Gasteiger partial charge in [0.15, 0.2) is 11.6 Å². The maximum absolute atomic E-state index is 14.9. The van der Waals surface area contributed by atoms with Gasteiger partial charge in [-0.3, -0.25) is 19.8 Å². The predicted octanol–water partition coefficient (Wildman–Crippen LogP) is 3.08. The van der Waals surface area contributed by atoms with Crippen LogP contribution in [0.1, 0.15) is 42.0 Å². The number of hydroxylamine groups is 1. The minimum Gasteiger partial charge on any atom is -0.486 e. The fourth-order valence-corrected chi connectivity index (χ4v) is 4.42. The fourth-order valence-electron chi connectivity index (χ4n) is 4.42. The van der Waals surface area contributed by atoms with Crippen LogP contribution in [0.3, 0.4) is 0 Å². The molecule has 4 N–H and O–H groups in total. The molecule has 0 aliphatic heterocycles. The number of fused-ring (bicyclic) bond motifs is 1. The number of nitrogens with one attached hydrogen (secondary N) is 1. The Hall–Kier alpha value is -3.52. The summed E-state index contributed by atoms with van der Waals surface area (Å²) in [7, 11) is 0. The largest absolute Gasteiger partial charge is 0.486 e. The van der Waals surface area contributed by atoms with Crippen LogP contribution in [0.15, 0.2) is 48.5 Å². The zero-order valence-corrected chi connectivity index (χ0v) is 17.2. The third kappa shape index (κ3) is 3.36. The van der Waals surface area contributed by atoms with Crippen molar-refractivity contribution < 1.29 is 23.9 Å². The van der Waals surface area contributed by atoms with Gasteiger partial charge in [0.1, 0.15) is 6.61 Å². The highest BCUT2D eigenvalue weighted by Gasteiger charge is 2.64. The van der Waals surface area contributed by atoms with Gasteiger partial charge in [-0.05, 0) is 49.1 Å². The van der Waals surface area contributed by atoms with E-state index in [4.69, 9.17) is 20.7 Å². The van der Waals surface area contributed by atoms with Gasteiger partial charge in [0, 0.05) is 22.6 Å². The topological polar surface area (TPSA) is 115 Å². The zero-order chi connectivity index (χ0) is 22.5. The molecule has 2 fully saturated rings. The van der Waals surface area contributed by atoms with Crippen molar-refractivity contribution in [2.45, 2.75) is 37.2 Å². The van der Waals surface area contributed by atoms with Crippen LogP contribution in [0.5, 0.6) is 5.75 Å². The van der Waals surface area contributed by atoms with Gasteiger partial charge in [0.05, 0.1) is 16.8 Å². The van der Waals surface area contributed by atoms with Gasteiger partial charge in [0.2, 0.25) is 11.8 Å². The molecule has 2 aliphatic rings. The minimum atomic E-state index is -1.33. The lowest BCUT2D eigenvalue weighted by Gasteiger charge is -2.16. The molecule has 2 amide bonds. The second-order valence-corrected chi connectivity index (χ2v) is 8.50. The molecule has 0 bridgehead atoms. The second kappa shape index (κ2) is 7.56. The Morgan fingerprint density at radius 2 is 2.00 bits per heavy atom. The molecule has 32 heavy (non-hydrogen) atoms. The van der Waals surface area contributed by atoms with E-state index < -0.39 is 29.0 Å². The molecular weight excluding hydrogens is 413 g/mol. The number of rotatable bonds is 7. The Balaban J connectivity index is 1.40. The number of ether oxygens (including phenoxy) is 1. The van der Waals surface area contributed by atoms with Gasteiger partial charge in [0.25, 0.3) is 0 Å². The van der Waals surface area contributed by atoms with E-state index in [1.165, 1.54) is 23.7 Å². The highest BCUT2D eigenvalue weighted by Crippen LogP contribution is 2.54. The van der Waals surface area contributed by atoms with Crippen LogP contribution in [0.25, 0.3) is 10.9 Å². The summed E-state index contributed by atoms with van der Waals surface area (Å²) in [5.41, 5.74) is 8.84. The van der Waals surface area contributed by atoms with Crippen molar-refractivity contribution in [3.8, 4) is 5.75 Å². The van der Waals surface area contributed by atoms with E-state index in [9.17, 15) is 14.0 Å². The van der Waals surface area contributed by atoms with Crippen molar-refractivity contribution in [3.05, 3.63) is 71.2 Å². The Bertz CT molecular complexity index is 1240. The number of hydrogen-bond acceptors (Lipinski definition) is 5. The smallest absolute Gasteiger partial charge is 0.247 e. The van der Waals surface area contributed by atoms with Gasteiger partial charge in [-0.15, -0.1) is 0 Å². The van der Waals surface area contributed by atoms with Gasteiger partial charge in [-0.1, -0.05) is 24.3 Å². The summed E-state index contributed by atoms with van der Waals surface area (Å²) in [5.74, 6) is -2.44. The third-order valence-electron chi connectivity index (χ3n) is 6.47. The highest BCUT2D eigenvalue weighted by atomic mass is 19.1. The van der Waals surface area contributed by atoms with E-state index in [1.807, 2.05) is 30.3 Å². The van der Waals surface area contributed by atoms with Crippen molar-refractivity contribution in [2.24, 2.45) is 11.7 Å². The Morgan fingerprint density at radius 1 is 1.22 bits per heavy atom. The van der Waals surface area contributed by atoms with Gasteiger partial charge in [-0.2, -0.15) is 0 Å². The van der Waals surface area contributed by atoms with E-state index in [1.54, 1.807) is 0 Å². The molecule has 1 aromatic heterocycles. The standard InChI is InChI=1S/C24H22FN3O4/c25-18-10-15(24(23(26)30)11-17(24)22(29)28-31)7-8-21(18)32-12-14-9-20(13-5-6-13)27-19-4-2-1-3-16(14)19/h1-4,7-10,13,17,31H,5-6,11-12H2,(H2,26,30)(H,28,29)/t17-,24-/m1/s1. The number of amides is 2. The van der Waals surface area contributed by atoms with Gasteiger partial charge >= 0.3 is 0 Å². The monoisotopic (exact) mass is 435 g/mol. The SMILES string of the molecule is NC(=O)[C@@]1(c2ccc(OCc3cc(C4CC4)nc4ccccc34)c(F)c2)C[C@@H]1C(=O)NO. The van der Waals surface area contributed by atoms with E-state index >= 15 is 0 Å². The average Bonchev–Trinajstić information content (AvgIpc) is 3.70. The van der Waals surface area contributed by atoms with Crippen LogP contribution in [-0.4, -0.2) is 22.0 Å². The maximum Gasteiger partial charge on any atom is 0.247 e. The van der Waals surface area contributed by atoms with Crippen LogP contribution in [0, 0.1) is 11.7 Å². The zero-order valence-electron chi connectivity index (χ0n) is 17.2. The lowest BCUT2D eigenvalue weighted by Crippen LogP contribution is -2.35. The van der Waals surface area contributed by atoms with Crippen LogP contribution in [-0.2, 0) is 21.6 Å². The number of carbonyl (C=O) groups is 2. The van der Waals surface area contributed by atoms with Crippen LogP contribution >= 0.6 is 0 Å². The van der Waals surface area contributed by atoms with E-state index in [2.05, 4.69) is 0 Å². The number of primary amides is 1. The number of para-hydroxylation sites is 1. The van der Waals surface area contributed by atoms with Crippen LogP contribution < -0.4 is 16.0 Å². The molecule has 0 spiro atoms. The number of pyridine rings is 1. The first-order valence-electron chi connectivity index (χ1n) is 10.5. The number of benzene rings is 2. The third-order valence-corrected chi connectivity index (χ3v) is 6.47. The molecule has 0 unspecified atom stereocenters. The number of carbonyl (C=O) groups excluding carboxylic acids is 2. The molecule has 0 saturated heterocycles. The number of aromatic nitrogens is 1. The molecular formula is C24H22FN3O4. The quantitative estimate of drug-likeness (QED) is 0.390. The molecule has 0 radical (unpaired) electrons. The summed E-state index contributed by atoms with van der Waals surface area (Å²) in [6.07, 6.45) is 2.36. The molecule has 8 heteroatoms. The normalized spacial score (nSPS) is 21.9. The van der Waals surface area contributed by atoms with Gasteiger partial charge in [-0.25, -0.2) is 9.87 Å². The maximum atomic E-state index is 14.9. The number of halogens is 1. The highest BCUT2D eigenvalue weighted by molar-refractivity contribution is 5.99. The average molecular weight is 435 g/mol. The molecule has 5 rings (SSSR count). The van der Waals surface area contributed by atoms with Crippen molar-refractivity contribution in [3.63, 3.8) is 0 Å². The first-order chi connectivity index (χ1) is 15.4. The number of nitrogens with two attached hydrogens (primary N) is 1. The van der Waals surface area contributed by atoms with E-state index in [-0.39, 0.29) is 24.3 Å².